The van der Waals surface area contributed by atoms with Gasteiger partial charge in [0.05, 0.1) is 5.69 Å². The lowest BCUT2D eigenvalue weighted by atomic mass is 10.1. The number of nitrogens with zero attached hydrogens (tertiary/aromatic N) is 6. The Bertz CT molecular complexity index is 858. The first kappa shape index (κ1) is 18.8. The van der Waals surface area contributed by atoms with Crippen LogP contribution in [0.5, 0.6) is 0 Å². The molecular formula is C19H25N7O. The van der Waals surface area contributed by atoms with Crippen molar-refractivity contribution in [2.45, 2.75) is 39.8 Å². The Kier molecular flexibility index (Phi) is 5.95. The smallest absolute Gasteiger partial charge is 0.245 e. The van der Waals surface area contributed by atoms with E-state index in [9.17, 15) is 4.79 Å². The first-order valence-electron chi connectivity index (χ1n) is 9.08. The molecule has 0 aliphatic heterocycles. The predicted molar refractivity (Wildman–Crippen MR) is 101 cm³/mol. The molecule has 142 valence electrons. The highest BCUT2D eigenvalue weighted by Crippen LogP contribution is 2.14. The van der Waals surface area contributed by atoms with Crippen molar-refractivity contribution < 1.29 is 4.79 Å². The van der Waals surface area contributed by atoms with E-state index in [0.717, 1.165) is 23.5 Å². The summed E-state index contributed by atoms with van der Waals surface area (Å²) in [5.41, 5.74) is 3.19. The number of hydrogen-bond donors (Lipinski definition) is 1. The number of hydrogen-bond acceptors (Lipinski definition) is 5. The highest BCUT2D eigenvalue weighted by atomic mass is 16.2. The monoisotopic (exact) mass is 367 g/mol. The summed E-state index contributed by atoms with van der Waals surface area (Å²) >= 11 is 0. The number of carbonyl (C=O) groups excluding carboxylic acids is 1. The maximum absolute atomic E-state index is 12.8. The molecular weight excluding hydrogens is 342 g/mol. The Morgan fingerprint density at radius 2 is 2.00 bits per heavy atom. The Morgan fingerprint density at radius 1 is 1.22 bits per heavy atom. The number of benzene rings is 1. The molecule has 0 saturated heterocycles. The van der Waals surface area contributed by atoms with Crippen molar-refractivity contribution in [1.82, 2.24) is 35.3 Å². The lowest BCUT2D eigenvalue weighted by Crippen LogP contribution is -2.37. The summed E-state index contributed by atoms with van der Waals surface area (Å²) in [7, 11) is 0. The third kappa shape index (κ3) is 4.99. The largest absolute Gasteiger partial charge is 0.354 e. The van der Waals surface area contributed by atoms with Crippen molar-refractivity contribution in [3.8, 4) is 0 Å². The van der Waals surface area contributed by atoms with Gasteiger partial charge in [-0.05, 0) is 41.8 Å². The molecule has 0 spiro atoms. The summed E-state index contributed by atoms with van der Waals surface area (Å²) < 4.78 is 3.49. The van der Waals surface area contributed by atoms with Gasteiger partial charge in [-0.25, -0.2) is 4.68 Å². The van der Waals surface area contributed by atoms with E-state index in [1.165, 1.54) is 11.0 Å². The van der Waals surface area contributed by atoms with Gasteiger partial charge in [0.25, 0.3) is 0 Å². The molecule has 27 heavy (non-hydrogen) atoms. The molecule has 8 nitrogen and oxygen atoms in total. The number of nitrogens with one attached hydrogen (secondary N) is 1. The van der Waals surface area contributed by atoms with Crippen molar-refractivity contribution in [2.75, 3.05) is 6.54 Å². The van der Waals surface area contributed by atoms with Crippen LogP contribution in [0.2, 0.25) is 0 Å². The van der Waals surface area contributed by atoms with Gasteiger partial charge >= 0.3 is 0 Å². The molecule has 2 aromatic heterocycles. The zero-order valence-corrected chi connectivity index (χ0v) is 15.9. The van der Waals surface area contributed by atoms with E-state index in [-0.39, 0.29) is 11.8 Å². The third-order valence-electron chi connectivity index (χ3n) is 4.47. The second-order valence-corrected chi connectivity index (χ2v) is 6.95. The van der Waals surface area contributed by atoms with Gasteiger partial charge < -0.3 is 5.32 Å². The normalized spacial score (nSPS) is 13.3. The van der Waals surface area contributed by atoms with Crippen molar-refractivity contribution in [3.05, 3.63) is 59.7 Å². The molecule has 0 saturated carbocycles. The maximum Gasteiger partial charge on any atom is 0.245 e. The van der Waals surface area contributed by atoms with Crippen LogP contribution in [0, 0.1) is 19.8 Å². The van der Waals surface area contributed by atoms with E-state index < -0.39 is 6.04 Å². The average Bonchev–Trinajstić information content (AvgIpc) is 3.28. The fourth-order valence-electron chi connectivity index (χ4n) is 3.07. The molecule has 8 heteroatoms. The number of tetrazole rings is 1. The fourth-order valence-corrected chi connectivity index (χ4v) is 3.07. The van der Waals surface area contributed by atoms with E-state index in [1.54, 1.807) is 0 Å². The number of carbonyl (C=O) groups is 1. The summed E-state index contributed by atoms with van der Waals surface area (Å²) in [6, 6.07) is 11.4. The van der Waals surface area contributed by atoms with E-state index in [2.05, 4.69) is 38.9 Å². The van der Waals surface area contributed by atoms with Crippen LogP contribution in [-0.2, 0) is 17.8 Å². The highest BCUT2D eigenvalue weighted by molar-refractivity contribution is 5.80. The SMILES string of the molecule is Cc1cc(C)n(C[C@@H](C)CNC(=O)[C@@H](Cc2ccccc2)n2cnnn2)n1. The van der Waals surface area contributed by atoms with Gasteiger partial charge in [-0.15, -0.1) is 5.10 Å². The maximum atomic E-state index is 12.8. The minimum absolute atomic E-state index is 0.0913. The molecule has 3 rings (SSSR count). The summed E-state index contributed by atoms with van der Waals surface area (Å²) in [6.07, 6.45) is 2.01. The van der Waals surface area contributed by atoms with Crippen LogP contribution in [-0.4, -0.2) is 42.4 Å². The first-order chi connectivity index (χ1) is 13.0. The molecule has 1 amide bonds. The summed E-state index contributed by atoms with van der Waals surface area (Å²) in [6.45, 7) is 7.44. The van der Waals surface area contributed by atoms with Gasteiger partial charge in [0.2, 0.25) is 5.91 Å². The number of aryl methyl sites for hydroxylation is 2. The van der Waals surface area contributed by atoms with Crippen molar-refractivity contribution in [2.24, 2.45) is 5.92 Å². The van der Waals surface area contributed by atoms with E-state index >= 15 is 0 Å². The van der Waals surface area contributed by atoms with Gasteiger partial charge in [-0.1, -0.05) is 37.3 Å². The van der Waals surface area contributed by atoms with Crippen LogP contribution in [0.1, 0.15) is 29.9 Å². The topological polar surface area (TPSA) is 90.5 Å². The molecule has 0 aliphatic rings. The lowest BCUT2D eigenvalue weighted by Gasteiger charge is -2.19. The fraction of sp³-hybridized carbons (Fsp3) is 0.421. The van der Waals surface area contributed by atoms with Crippen molar-refractivity contribution in [1.29, 1.82) is 0 Å². The van der Waals surface area contributed by atoms with Crippen LogP contribution in [0.4, 0.5) is 0 Å². The molecule has 1 N–H and O–H groups in total. The van der Waals surface area contributed by atoms with Gasteiger partial charge in [-0.2, -0.15) is 5.10 Å². The standard InChI is InChI=1S/C19H25N7O/c1-14(12-25-16(3)9-15(2)22-25)11-20-19(27)18(26-13-21-23-24-26)10-17-7-5-4-6-8-17/h4-9,13-14,18H,10-12H2,1-3H3,(H,20,27)/t14-,18+/m0/s1. The number of aromatic nitrogens is 6. The highest BCUT2D eigenvalue weighted by Gasteiger charge is 2.22. The lowest BCUT2D eigenvalue weighted by molar-refractivity contribution is -0.124. The minimum atomic E-state index is -0.483. The summed E-state index contributed by atoms with van der Waals surface area (Å²) in [5, 5.41) is 18.8. The van der Waals surface area contributed by atoms with Crippen LogP contribution in [0.25, 0.3) is 0 Å². The average molecular weight is 367 g/mol. The molecule has 0 fully saturated rings. The Labute approximate surface area is 158 Å². The quantitative estimate of drug-likeness (QED) is 0.655. The molecule has 0 aliphatic carbocycles. The van der Waals surface area contributed by atoms with Crippen LogP contribution in [0.3, 0.4) is 0 Å². The minimum Gasteiger partial charge on any atom is -0.354 e. The predicted octanol–water partition coefficient (Wildman–Crippen LogP) is 1.72. The Hall–Kier alpha value is -3.03. The third-order valence-corrected chi connectivity index (χ3v) is 4.47. The molecule has 1 aromatic carbocycles. The molecule has 0 unspecified atom stereocenters. The molecule has 0 bridgehead atoms. The van der Waals surface area contributed by atoms with Crippen LogP contribution >= 0.6 is 0 Å². The van der Waals surface area contributed by atoms with Crippen LogP contribution < -0.4 is 5.32 Å². The molecule has 2 heterocycles. The zero-order chi connectivity index (χ0) is 19.2. The van der Waals surface area contributed by atoms with Gasteiger partial charge in [0.15, 0.2) is 0 Å². The number of amides is 1. The second-order valence-electron chi connectivity index (χ2n) is 6.95. The van der Waals surface area contributed by atoms with Gasteiger partial charge in [0.1, 0.15) is 12.4 Å². The van der Waals surface area contributed by atoms with Crippen LogP contribution in [0.15, 0.2) is 42.7 Å². The van der Waals surface area contributed by atoms with Gasteiger partial charge in [-0.3, -0.25) is 9.48 Å². The molecule has 2 atom stereocenters. The zero-order valence-electron chi connectivity index (χ0n) is 15.9. The van der Waals surface area contributed by atoms with Crippen molar-refractivity contribution >= 4 is 5.91 Å². The van der Waals surface area contributed by atoms with E-state index in [0.29, 0.717) is 13.0 Å². The summed E-state index contributed by atoms with van der Waals surface area (Å²) in [5.74, 6) is 0.157. The molecule has 0 radical (unpaired) electrons. The number of rotatable bonds is 8. The van der Waals surface area contributed by atoms with Gasteiger partial charge in [0, 0.05) is 25.2 Å². The Morgan fingerprint density at radius 3 is 2.63 bits per heavy atom. The summed E-state index contributed by atoms with van der Waals surface area (Å²) in [4.78, 5) is 12.8. The van der Waals surface area contributed by atoms with E-state index in [4.69, 9.17) is 0 Å². The molecule has 3 aromatic rings. The van der Waals surface area contributed by atoms with E-state index in [1.807, 2.05) is 48.9 Å². The Balaban J connectivity index is 1.61. The first-order valence-corrected chi connectivity index (χ1v) is 9.08. The second kappa shape index (κ2) is 8.57. The van der Waals surface area contributed by atoms with Crippen molar-refractivity contribution in [3.63, 3.8) is 0 Å².